The molecule has 1 fully saturated rings. The smallest absolute Gasteiger partial charge is 0.252 e. The van der Waals surface area contributed by atoms with Crippen LogP contribution in [0.3, 0.4) is 0 Å². The van der Waals surface area contributed by atoms with Crippen molar-refractivity contribution in [1.29, 1.82) is 0 Å². The number of carbonyl (C=O) groups is 1. The minimum atomic E-state index is -0.242. The van der Waals surface area contributed by atoms with Crippen LogP contribution in [0.2, 0.25) is 0 Å². The van der Waals surface area contributed by atoms with E-state index in [-0.39, 0.29) is 17.4 Å². The summed E-state index contributed by atoms with van der Waals surface area (Å²) in [6.07, 6.45) is 7.93. The second kappa shape index (κ2) is 8.50. The Bertz CT molecular complexity index is 846. The molecule has 0 unspecified atom stereocenters. The Morgan fingerprint density at radius 3 is 2.63 bits per heavy atom. The number of nitrogens with zero attached hydrogens (tertiary/aromatic N) is 3. The Hall–Kier alpha value is -2.44. The molecule has 7 nitrogen and oxygen atoms in total. The van der Waals surface area contributed by atoms with Crippen LogP contribution >= 0.6 is 0 Å². The van der Waals surface area contributed by atoms with Crippen molar-refractivity contribution < 1.29 is 4.79 Å². The Morgan fingerprint density at radius 1 is 1.22 bits per heavy atom. The first-order chi connectivity index (χ1) is 13.0. The lowest BCUT2D eigenvalue weighted by atomic mass is 9.79. The van der Waals surface area contributed by atoms with Crippen LogP contribution in [0.15, 0.2) is 16.9 Å². The van der Waals surface area contributed by atoms with Gasteiger partial charge in [0.1, 0.15) is 5.82 Å². The second-order valence-corrected chi connectivity index (χ2v) is 7.64. The van der Waals surface area contributed by atoms with Crippen LogP contribution in [0.5, 0.6) is 0 Å². The standard InChI is InChI=1S/C20H29N5O2/c1-4-5-6-15-7-9-16(10-8-15)19(27)22-17-11-14(3)24-25(17)20-21-13(2)12-18(26)23-20/h11-12,15-16H,4-10H2,1-3H3,(H,22,27)(H,21,23,26). The number of hydrogen-bond acceptors (Lipinski definition) is 4. The molecule has 2 heterocycles. The van der Waals surface area contributed by atoms with Gasteiger partial charge in [0.2, 0.25) is 11.9 Å². The summed E-state index contributed by atoms with van der Waals surface area (Å²) in [6, 6.07) is 3.22. The van der Waals surface area contributed by atoms with Crippen molar-refractivity contribution in [2.45, 2.75) is 65.7 Å². The molecule has 0 aliphatic heterocycles. The normalized spacial score (nSPS) is 19.8. The minimum Gasteiger partial charge on any atom is -0.310 e. The lowest BCUT2D eigenvalue weighted by Gasteiger charge is -2.27. The maximum Gasteiger partial charge on any atom is 0.252 e. The number of H-pyrrole nitrogens is 1. The number of aromatic nitrogens is 4. The molecule has 2 N–H and O–H groups in total. The average Bonchev–Trinajstić information content (AvgIpc) is 3.00. The molecular formula is C20H29N5O2. The van der Waals surface area contributed by atoms with Crippen molar-refractivity contribution in [1.82, 2.24) is 19.7 Å². The van der Waals surface area contributed by atoms with Gasteiger partial charge < -0.3 is 5.32 Å². The predicted octanol–water partition coefficient (Wildman–Crippen LogP) is 3.51. The van der Waals surface area contributed by atoms with E-state index in [2.05, 4.69) is 27.3 Å². The van der Waals surface area contributed by atoms with Crippen molar-refractivity contribution in [3.63, 3.8) is 0 Å². The van der Waals surface area contributed by atoms with E-state index in [1.165, 1.54) is 30.0 Å². The van der Waals surface area contributed by atoms with Gasteiger partial charge in [-0.2, -0.15) is 9.78 Å². The first kappa shape index (κ1) is 19.3. The lowest BCUT2D eigenvalue weighted by molar-refractivity contribution is -0.121. The van der Waals surface area contributed by atoms with E-state index in [0.29, 0.717) is 17.5 Å². The lowest BCUT2D eigenvalue weighted by Crippen LogP contribution is -2.28. The number of carbonyl (C=O) groups excluding carboxylic acids is 1. The summed E-state index contributed by atoms with van der Waals surface area (Å²) in [4.78, 5) is 31.5. The fourth-order valence-corrected chi connectivity index (χ4v) is 3.85. The molecule has 27 heavy (non-hydrogen) atoms. The highest BCUT2D eigenvalue weighted by Gasteiger charge is 2.27. The second-order valence-electron chi connectivity index (χ2n) is 7.64. The van der Waals surface area contributed by atoms with Gasteiger partial charge in [-0.15, -0.1) is 0 Å². The molecule has 0 saturated heterocycles. The highest BCUT2D eigenvalue weighted by Crippen LogP contribution is 2.32. The van der Waals surface area contributed by atoms with Crippen LogP contribution < -0.4 is 10.9 Å². The minimum absolute atomic E-state index is 0.0279. The molecule has 1 aliphatic carbocycles. The number of aromatic amines is 1. The number of rotatable bonds is 6. The summed E-state index contributed by atoms with van der Waals surface area (Å²) < 4.78 is 1.49. The summed E-state index contributed by atoms with van der Waals surface area (Å²) in [6.45, 7) is 5.82. The van der Waals surface area contributed by atoms with Crippen LogP contribution in [-0.4, -0.2) is 25.7 Å². The van der Waals surface area contributed by atoms with Gasteiger partial charge in [-0.05, 0) is 45.4 Å². The van der Waals surface area contributed by atoms with Crippen molar-refractivity contribution in [3.8, 4) is 5.95 Å². The zero-order chi connectivity index (χ0) is 19.4. The van der Waals surface area contributed by atoms with Gasteiger partial charge in [0.15, 0.2) is 0 Å². The fraction of sp³-hybridized carbons (Fsp3) is 0.600. The zero-order valence-corrected chi connectivity index (χ0v) is 16.4. The first-order valence-corrected chi connectivity index (χ1v) is 9.92. The highest BCUT2D eigenvalue weighted by atomic mass is 16.2. The van der Waals surface area contributed by atoms with Gasteiger partial charge in [-0.3, -0.25) is 14.6 Å². The third kappa shape index (κ3) is 4.84. The molecule has 0 radical (unpaired) electrons. The maximum atomic E-state index is 12.8. The predicted molar refractivity (Wildman–Crippen MR) is 105 cm³/mol. The quantitative estimate of drug-likeness (QED) is 0.813. The Labute approximate surface area is 159 Å². The van der Waals surface area contributed by atoms with Crippen molar-refractivity contribution in [2.75, 3.05) is 5.32 Å². The van der Waals surface area contributed by atoms with E-state index >= 15 is 0 Å². The average molecular weight is 371 g/mol. The summed E-state index contributed by atoms with van der Waals surface area (Å²) >= 11 is 0. The number of aryl methyl sites for hydroxylation is 2. The Morgan fingerprint density at radius 2 is 1.96 bits per heavy atom. The molecule has 0 atom stereocenters. The van der Waals surface area contributed by atoms with Gasteiger partial charge in [0.05, 0.1) is 5.69 Å². The molecule has 3 rings (SSSR count). The summed E-state index contributed by atoms with van der Waals surface area (Å²) in [7, 11) is 0. The van der Waals surface area contributed by atoms with E-state index in [9.17, 15) is 9.59 Å². The molecule has 2 aromatic rings. The van der Waals surface area contributed by atoms with Crippen LogP contribution in [0, 0.1) is 25.7 Å². The van der Waals surface area contributed by atoms with Gasteiger partial charge >= 0.3 is 0 Å². The van der Waals surface area contributed by atoms with Crippen molar-refractivity contribution in [2.24, 2.45) is 11.8 Å². The van der Waals surface area contributed by atoms with Gasteiger partial charge in [-0.1, -0.05) is 26.2 Å². The third-order valence-corrected chi connectivity index (χ3v) is 5.32. The van der Waals surface area contributed by atoms with Gasteiger partial charge in [0.25, 0.3) is 5.56 Å². The van der Waals surface area contributed by atoms with Crippen LogP contribution in [0.4, 0.5) is 5.82 Å². The van der Waals surface area contributed by atoms with Crippen LogP contribution in [-0.2, 0) is 4.79 Å². The van der Waals surface area contributed by atoms with Gasteiger partial charge in [-0.25, -0.2) is 4.98 Å². The van der Waals surface area contributed by atoms with E-state index in [1.807, 2.05) is 6.92 Å². The highest BCUT2D eigenvalue weighted by molar-refractivity contribution is 5.92. The maximum absolute atomic E-state index is 12.8. The molecule has 0 aromatic carbocycles. The summed E-state index contributed by atoms with van der Waals surface area (Å²) in [5, 5.41) is 7.37. The molecule has 0 bridgehead atoms. The molecular weight excluding hydrogens is 342 g/mol. The fourth-order valence-electron chi connectivity index (χ4n) is 3.85. The molecule has 1 amide bonds. The van der Waals surface area contributed by atoms with Crippen molar-refractivity contribution in [3.05, 3.63) is 33.9 Å². The molecule has 146 valence electrons. The summed E-state index contributed by atoms with van der Waals surface area (Å²) in [5.41, 5.74) is 1.11. The van der Waals surface area contributed by atoms with Crippen LogP contribution in [0.1, 0.15) is 63.3 Å². The molecule has 0 spiro atoms. The van der Waals surface area contributed by atoms with Crippen LogP contribution in [0.25, 0.3) is 5.95 Å². The number of nitrogens with one attached hydrogen (secondary N) is 2. The topological polar surface area (TPSA) is 92.7 Å². The molecule has 1 aliphatic rings. The van der Waals surface area contributed by atoms with E-state index in [4.69, 9.17) is 0 Å². The number of unbranched alkanes of at least 4 members (excludes halogenated alkanes) is 1. The largest absolute Gasteiger partial charge is 0.310 e. The van der Waals surface area contributed by atoms with E-state index in [0.717, 1.165) is 37.3 Å². The molecule has 1 saturated carbocycles. The zero-order valence-electron chi connectivity index (χ0n) is 16.4. The SMILES string of the molecule is CCCCC1CCC(C(=O)Nc2cc(C)nn2-c2nc(C)cc(=O)[nH]2)CC1. The number of anilines is 1. The molecule has 7 heteroatoms. The third-order valence-electron chi connectivity index (χ3n) is 5.32. The Kier molecular flexibility index (Phi) is 6.08. The monoisotopic (exact) mass is 371 g/mol. The van der Waals surface area contributed by atoms with Crippen molar-refractivity contribution >= 4 is 11.7 Å². The summed E-state index contributed by atoms with van der Waals surface area (Å²) in [5.74, 6) is 1.69. The first-order valence-electron chi connectivity index (χ1n) is 9.92. The number of amides is 1. The molecule has 2 aromatic heterocycles. The van der Waals surface area contributed by atoms with E-state index < -0.39 is 0 Å². The van der Waals surface area contributed by atoms with Gasteiger partial charge in [0, 0.05) is 23.7 Å². The Balaban J connectivity index is 1.69. The van der Waals surface area contributed by atoms with E-state index in [1.54, 1.807) is 13.0 Å². The number of hydrogen-bond donors (Lipinski definition) is 2.